The predicted molar refractivity (Wildman–Crippen MR) is 81.9 cm³/mol. The van der Waals surface area contributed by atoms with Crippen LogP contribution in [-0.2, 0) is 10.0 Å². The Kier molecular flexibility index (Phi) is 4.72. The molecule has 0 amide bonds. The second-order valence-electron chi connectivity index (χ2n) is 5.15. The lowest BCUT2D eigenvalue weighted by atomic mass is 9.93. The van der Waals surface area contributed by atoms with E-state index < -0.39 is 10.0 Å². The fourth-order valence-corrected chi connectivity index (χ4v) is 6.22. The Morgan fingerprint density at radius 3 is 2.79 bits per heavy atom. The van der Waals surface area contributed by atoms with Crippen molar-refractivity contribution in [3.05, 3.63) is 15.4 Å². The van der Waals surface area contributed by atoms with Crippen LogP contribution in [0, 0.1) is 12.8 Å². The molecule has 108 valence electrons. The third-order valence-corrected chi connectivity index (χ3v) is 8.04. The van der Waals surface area contributed by atoms with Gasteiger partial charge in [-0.1, -0.05) is 0 Å². The van der Waals surface area contributed by atoms with Crippen molar-refractivity contribution in [3.63, 3.8) is 0 Å². The molecule has 2 atom stereocenters. The lowest BCUT2D eigenvalue weighted by Gasteiger charge is -2.33. The third-order valence-electron chi connectivity index (χ3n) is 3.59. The van der Waals surface area contributed by atoms with E-state index in [1.807, 2.05) is 13.8 Å². The molecule has 1 fully saturated rings. The number of sulfonamides is 1. The van der Waals surface area contributed by atoms with E-state index in [-0.39, 0.29) is 12.0 Å². The number of aryl methyl sites for hydroxylation is 1. The predicted octanol–water partition coefficient (Wildman–Crippen LogP) is 2.57. The summed E-state index contributed by atoms with van der Waals surface area (Å²) in [7, 11) is -3.36. The number of hydrogen-bond acceptors (Lipinski definition) is 4. The van der Waals surface area contributed by atoms with Crippen LogP contribution in [0.15, 0.2) is 14.1 Å². The Bertz CT molecular complexity index is 535. The van der Waals surface area contributed by atoms with Gasteiger partial charge in [0.25, 0.3) is 10.0 Å². The molecule has 1 aliphatic rings. The molecule has 1 aromatic heterocycles. The number of hydrogen-bond donors (Lipinski definition) is 1. The first-order chi connectivity index (χ1) is 8.82. The van der Waals surface area contributed by atoms with Crippen molar-refractivity contribution in [1.82, 2.24) is 4.31 Å². The molecule has 19 heavy (non-hydrogen) atoms. The molecule has 0 spiro atoms. The molecule has 2 N–H and O–H groups in total. The average Bonchev–Trinajstić information content (AvgIpc) is 2.70. The highest BCUT2D eigenvalue weighted by atomic mass is 79.9. The molecule has 0 aliphatic carbocycles. The van der Waals surface area contributed by atoms with Crippen molar-refractivity contribution >= 4 is 37.3 Å². The number of nitrogens with zero attached hydrogens (tertiary/aromatic N) is 1. The number of halogens is 1. The highest BCUT2D eigenvalue weighted by Gasteiger charge is 2.32. The van der Waals surface area contributed by atoms with Gasteiger partial charge in [0.1, 0.15) is 4.21 Å². The van der Waals surface area contributed by atoms with E-state index in [9.17, 15) is 8.42 Å². The van der Waals surface area contributed by atoms with E-state index in [1.54, 1.807) is 10.4 Å². The van der Waals surface area contributed by atoms with Gasteiger partial charge in [0, 0.05) is 19.1 Å². The van der Waals surface area contributed by atoms with Gasteiger partial charge in [-0.3, -0.25) is 0 Å². The Morgan fingerprint density at radius 1 is 1.58 bits per heavy atom. The van der Waals surface area contributed by atoms with Gasteiger partial charge in [-0.05, 0) is 60.2 Å². The van der Waals surface area contributed by atoms with Crippen molar-refractivity contribution in [2.75, 3.05) is 13.1 Å². The molecule has 1 aromatic rings. The summed E-state index contributed by atoms with van der Waals surface area (Å²) in [5.74, 6) is 0.257. The van der Waals surface area contributed by atoms with Gasteiger partial charge < -0.3 is 5.73 Å². The van der Waals surface area contributed by atoms with Gasteiger partial charge >= 0.3 is 0 Å². The number of nitrogens with two attached hydrogens (primary N) is 1. The minimum atomic E-state index is -3.36. The molecule has 2 heterocycles. The van der Waals surface area contributed by atoms with Crippen molar-refractivity contribution < 1.29 is 8.42 Å². The van der Waals surface area contributed by atoms with Gasteiger partial charge in [0.15, 0.2) is 0 Å². The van der Waals surface area contributed by atoms with E-state index in [2.05, 4.69) is 15.9 Å². The summed E-state index contributed by atoms with van der Waals surface area (Å²) in [6.07, 6.45) is 1.90. The maximum absolute atomic E-state index is 12.6. The fraction of sp³-hybridized carbons (Fsp3) is 0.667. The molecule has 0 saturated carbocycles. The lowest BCUT2D eigenvalue weighted by molar-refractivity contribution is 0.243. The monoisotopic (exact) mass is 366 g/mol. The van der Waals surface area contributed by atoms with Gasteiger partial charge in [-0.15, -0.1) is 11.3 Å². The zero-order valence-corrected chi connectivity index (χ0v) is 14.3. The number of rotatable bonds is 3. The van der Waals surface area contributed by atoms with E-state index in [0.717, 1.165) is 22.2 Å². The summed E-state index contributed by atoms with van der Waals surface area (Å²) < 4.78 is 28.1. The molecular formula is C12H19BrN2O2S2. The molecule has 1 saturated heterocycles. The van der Waals surface area contributed by atoms with E-state index >= 15 is 0 Å². The first-order valence-electron chi connectivity index (χ1n) is 6.34. The minimum Gasteiger partial charge on any atom is -0.328 e. The Labute approximate surface area is 127 Å². The molecule has 4 nitrogen and oxygen atoms in total. The molecule has 2 rings (SSSR count). The maximum Gasteiger partial charge on any atom is 0.252 e. The van der Waals surface area contributed by atoms with Crippen LogP contribution in [0.1, 0.15) is 25.3 Å². The SMILES string of the molecule is Cc1cc(S(=O)(=O)N2CCC[C@@H]([C@H](C)N)C2)sc1Br. The van der Waals surface area contributed by atoms with Crippen LogP contribution in [0.5, 0.6) is 0 Å². The van der Waals surface area contributed by atoms with Crippen molar-refractivity contribution in [2.45, 2.75) is 36.9 Å². The van der Waals surface area contributed by atoms with Crippen LogP contribution in [0.25, 0.3) is 0 Å². The van der Waals surface area contributed by atoms with Crippen LogP contribution in [0.3, 0.4) is 0 Å². The maximum atomic E-state index is 12.6. The first kappa shape index (κ1) is 15.4. The smallest absolute Gasteiger partial charge is 0.252 e. The summed E-state index contributed by atoms with van der Waals surface area (Å²) in [6, 6.07) is 1.77. The second-order valence-corrected chi connectivity index (χ2v) is 9.68. The number of piperidine rings is 1. The lowest BCUT2D eigenvalue weighted by Crippen LogP contribution is -2.44. The highest BCUT2D eigenvalue weighted by molar-refractivity contribution is 9.11. The molecule has 0 aromatic carbocycles. The second kappa shape index (κ2) is 5.81. The van der Waals surface area contributed by atoms with Crippen LogP contribution in [-0.4, -0.2) is 31.9 Å². The van der Waals surface area contributed by atoms with Gasteiger partial charge in [0.05, 0.1) is 3.79 Å². The van der Waals surface area contributed by atoms with E-state index in [4.69, 9.17) is 5.73 Å². The van der Waals surface area contributed by atoms with Crippen LogP contribution in [0.4, 0.5) is 0 Å². The Hall–Kier alpha value is 0.0500. The quantitative estimate of drug-likeness (QED) is 0.893. The zero-order valence-electron chi connectivity index (χ0n) is 11.1. The summed E-state index contributed by atoms with van der Waals surface area (Å²) in [5.41, 5.74) is 6.88. The standard InChI is InChI=1S/C12H19BrN2O2S2/c1-8-6-11(18-12(8)13)19(16,17)15-5-3-4-10(7-15)9(2)14/h6,9-10H,3-5,7,14H2,1-2H3/t9-,10+/m0/s1. The molecule has 0 bridgehead atoms. The van der Waals surface area contributed by atoms with Crippen LogP contribution < -0.4 is 5.73 Å². The molecular weight excluding hydrogens is 348 g/mol. The third kappa shape index (κ3) is 3.21. The first-order valence-corrected chi connectivity index (χ1v) is 9.39. The van der Waals surface area contributed by atoms with E-state index in [0.29, 0.717) is 17.3 Å². The molecule has 1 aliphatic heterocycles. The molecule has 7 heteroatoms. The summed E-state index contributed by atoms with van der Waals surface area (Å²) in [6.45, 7) is 4.99. The zero-order chi connectivity index (χ0) is 14.2. The van der Waals surface area contributed by atoms with Crippen molar-refractivity contribution in [3.8, 4) is 0 Å². The van der Waals surface area contributed by atoms with Crippen molar-refractivity contribution in [2.24, 2.45) is 11.7 Å². The topological polar surface area (TPSA) is 63.4 Å². The van der Waals surface area contributed by atoms with Crippen LogP contribution >= 0.6 is 27.3 Å². The highest BCUT2D eigenvalue weighted by Crippen LogP contribution is 2.34. The fourth-order valence-electron chi connectivity index (χ4n) is 2.31. The van der Waals surface area contributed by atoms with Gasteiger partial charge in [0.2, 0.25) is 0 Å². The molecule has 0 radical (unpaired) electrons. The minimum absolute atomic E-state index is 0.0369. The van der Waals surface area contributed by atoms with E-state index in [1.165, 1.54) is 11.3 Å². The molecule has 0 unspecified atom stereocenters. The summed E-state index contributed by atoms with van der Waals surface area (Å²) in [5, 5.41) is 0. The van der Waals surface area contributed by atoms with Gasteiger partial charge in [-0.25, -0.2) is 8.42 Å². The Morgan fingerprint density at radius 2 is 2.26 bits per heavy atom. The van der Waals surface area contributed by atoms with Crippen LogP contribution in [0.2, 0.25) is 0 Å². The largest absolute Gasteiger partial charge is 0.328 e. The Balaban J connectivity index is 2.24. The summed E-state index contributed by atoms with van der Waals surface area (Å²) in [4.78, 5) is 0. The number of thiophene rings is 1. The normalized spacial score (nSPS) is 23.5. The average molecular weight is 367 g/mol. The summed E-state index contributed by atoms with van der Waals surface area (Å²) >= 11 is 4.66. The van der Waals surface area contributed by atoms with Crippen molar-refractivity contribution in [1.29, 1.82) is 0 Å². The van der Waals surface area contributed by atoms with Gasteiger partial charge in [-0.2, -0.15) is 4.31 Å².